The fourth-order valence-electron chi connectivity index (χ4n) is 1.12. The summed E-state index contributed by atoms with van der Waals surface area (Å²) in [5.74, 6) is 0.00231. The van der Waals surface area contributed by atoms with Gasteiger partial charge in [-0.25, -0.2) is 0 Å². The van der Waals surface area contributed by atoms with E-state index in [9.17, 15) is 4.79 Å². The normalized spacial score (nSPS) is 10.7. The summed E-state index contributed by atoms with van der Waals surface area (Å²) in [7, 11) is 0. The predicted octanol–water partition coefficient (Wildman–Crippen LogP) is 3.41. The smallest absolute Gasteiger partial charge is 0.185 e. The number of carbonyl (C=O) groups is 1. The van der Waals surface area contributed by atoms with Crippen LogP contribution in [-0.4, -0.2) is 5.78 Å². The molecule has 1 aromatic rings. The first kappa shape index (κ1) is 10.0. The van der Waals surface area contributed by atoms with E-state index < -0.39 is 0 Å². The summed E-state index contributed by atoms with van der Waals surface area (Å²) < 4.78 is 0. The number of halogens is 1. The lowest BCUT2D eigenvalue weighted by atomic mass is 10.0. The molecule has 1 rings (SSSR count). The van der Waals surface area contributed by atoms with Gasteiger partial charge in [0.25, 0.3) is 0 Å². The molecule has 0 spiro atoms. The predicted molar refractivity (Wildman–Crippen MR) is 55.3 cm³/mol. The summed E-state index contributed by atoms with van der Waals surface area (Å²) in [5.41, 5.74) is 1.51. The van der Waals surface area contributed by atoms with Gasteiger partial charge in [0.2, 0.25) is 0 Å². The van der Waals surface area contributed by atoms with Gasteiger partial charge in [0.05, 0.1) is 0 Å². The van der Waals surface area contributed by atoms with Crippen molar-refractivity contribution in [1.82, 2.24) is 0 Å². The lowest BCUT2D eigenvalue weighted by Gasteiger charge is -2.02. The third-order valence-electron chi connectivity index (χ3n) is 1.85. The Bertz CT molecular complexity index is 353. The molecule has 0 N–H and O–H groups in total. The molecule has 0 aromatic heterocycles. The number of carbonyl (C=O) groups excluding carboxylic acids is 1. The van der Waals surface area contributed by atoms with E-state index in [1.54, 1.807) is 30.4 Å². The zero-order valence-corrected chi connectivity index (χ0v) is 8.43. The first-order valence-electron chi connectivity index (χ1n) is 4.09. The van der Waals surface area contributed by atoms with Crippen LogP contribution in [0, 0.1) is 6.92 Å². The Kier molecular flexibility index (Phi) is 3.26. The average molecular weight is 195 g/mol. The average Bonchev–Trinajstić information content (AvgIpc) is 2.10. The third-order valence-corrected chi connectivity index (χ3v) is 2.26. The van der Waals surface area contributed by atoms with Crippen molar-refractivity contribution in [2.75, 3.05) is 0 Å². The van der Waals surface area contributed by atoms with Crippen LogP contribution in [0.3, 0.4) is 0 Å². The summed E-state index contributed by atoms with van der Waals surface area (Å²) in [4.78, 5) is 11.5. The maximum atomic E-state index is 11.5. The minimum Gasteiger partial charge on any atom is -0.289 e. The third kappa shape index (κ3) is 2.19. The van der Waals surface area contributed by atoms with Crippen molar-refractivity contribution in [2.45, 2.75) is 13.8 Å². The topological polar surface area (TPSA) is 17.1 Å². The largest absolute Gasteiger partial charge is 0.289 e. The van der Waals surface area contributed by atoms with Crippen molar-refractivity contribution >= 4 is 17.4 Å². The van der Waals surface area contributed by atoms with E-state index in [1.807, 2.05) is 13.8 Å². The Labute approximate surface area is 83.0 Å². The fourth-order valence-corrected chi connectivity index (χ4v) is 1.29. The van der Waals surface area contributed by atoms with E-state index in [2.05, 4.69) is 0 Å². The summed E-state index contributed by atoms with van der Waals surface area (Å²) in [6.07, 6.45) is 3.27. The molecule has 13 heavy (non-hydrogen) atoms. The molecule has 2 heteroatoms. The van der Waals surface area contributed by atoms with Gasteiger partial charge in [0.15, 0.2) is 5.78 Å². The highest BCUT2D eigenvalue weighted by Gasteiger charge is 2.06. The molecular weight excluding hydrogens is 184 g/mol. The Balaban J connectivity index is 3.15. The van der Waals surface area contributed by atoms with Crippen LogP contribution in [0.1, 0.15) is 22.8 Å². The van der Waals surface area contributed by atoms with Gasteiger partial charge >= 0.3 is 0 Å². The Morgan fingerprint density at radius 3 is 2.77 bits per heavy atom. The van der Waals surface area contributed by atoms with E-state index in [-0.39, 0.29) is 5.78 Å². The second-order valence-electron chi connectivity index (χ2n) is 2.78. The van der Waals surface area contributed by atoms with E-state index in [1.165, 1.54) is 0 Å². The molecule has 0 saturated heterocycles. The van der Waals surface area contributed by atoms with Gasteiger partial charge in [0, 0.05) is 10.6 Å². The van der Waals surface area contributed by atoms with Gasteiger partial charge in [-0.05, 0) is 31.6 Å². The highest BCUT2D eigenvalue weighted by atomic mass is 35.5. The molecule has 68 valence electrons. The Morgan fingerprint density at radius 1 is 1.46 bits per heavy atom. The molecule has 0 atom stereocenters. The summed E-state index contributed by atoms with van der Waals surface area (Å²) >= 11 is 5.88. The highest BCUT2D eigenvalue weighted by molar-refractivity contribution is 6.32. The molecule has 1 aromatic carbocycles. The molecule has 0 bridgehead atoms. The van der Waals surface area contributed by atoms with Crippen molar-refractivity contribution in [3.63, 3.8) is 0 Å². The van der Waals surface area contributed by atoms with Crippen LogP contribution in [0.15, 0.2) is 30.4 Å². The van der Waals surface area contributed by atoms with Crippen molar-refractivity contribution in [2.24, 2.45) is 0 Å². The maximum absolute atomic E-state index is 11.5. The molecule has 0 aliphatic heterocycles. The number of hydrogen-bond donors (Lipinski definition) is 0. The molecule has 0 heterocycles. The number of allylic oxidation sites excluding steroid dienone is 2. The summed E-state index contributed by atoms with van der Waals surface area (Å²) in [6, 6.07) is 5.35. The second-order valence-corrected chi connectivity index (χ2v) is 3.18. The standard InChI is InChI=1S/C11H11ClO/c1-3-5-11(13)9-6-4-7-10(12)8(9)2/h3-7H,1-2H3. The quantitative estimate of drug-likeness (QED) is 0.521. The monoisotopic (exact) mass is 194 g/mol. The molecule has 0 amide bonds. The molecular formula is C11H11ClO. The van der Waals surface area contributed by atoms with Gasteiger partial charge in [-0.3, -0.25) is 4.79 Å². The number of benzene rings is 1. The number of rotatable bonds is 2. The van der Waals surface area contributed by atoms with E-state index >= 15 is 0 Å². The zero-order chi connectivity index (χ0) is 9.84. The Morgan fingerprint density at radius 2 is 2.15 bits per heavy atom. The van der Waals surface area contributed by atoms with Crippen LogP contribution in [0.25, 0.3) is 0 Å². The van der Waals surface area contributed by atoms with Crippen molar-refractivity contribution < 1.29 is 4.79 Å². The van der Waals surface area contributed by atoms with E-state index in [4.69, 9.17) is 11.6 Å². The molecule has 0 aliphatic rings. The molecule has 0 fully saturated rings. The van der Waals surface area contributed by atoms with Gasteiger partial charge in [-0.15, -0.1) is 0 Å². The van der Waals surface area contributed by atoms with Gasteiger partial charge in [-0.1, -0.05) is 29.8 Å². The minimum absolute atomic E-state index is 0.00231. The fraction of sp³-hybridized carbons (Fsp3) is 0.182. The SMILES string of the molecule is CC=CC(=O)c1cccc(Cl)c1C. The van der Waals surface area contributed by atoms with E-state index in [0.29, 0.717) is 10.6 Å². The number of hydrogen-bond acceptors (Lipinski definition) is 1. The van der Waals surface area contributed by atoms with Crippen molar-refractivity contribution in [3.8, 4) is 0 Å². The minimum atomic E-state index is 0.00231. The Hall–Kier alpha value is -1.08. The van der Waals surface area contributed by atoms with Crippen molar-refractivity contribution in [1.29, 1.82) is 0 Å². The molecule has 0 radical (unpaired) electrons. The number of ketones is 1. The summed E-state index contributed by atoms with van der Waals surface area (Å²) in [6.45, 7) is 3.66. The lowest BCUT2D eigenvalue weighted by Crippen LogP contribution is -1.97. The van der Waals surface area contributed by atoms with E-state index in [0.717, 1.165) is 5.56 Å². The molecule has 0 aliphatic carbocycles. The maximum Gasteiger partial charge on any atom is 0.185 e. The van der Waals surface area contributed by atoms with Crippen LogP contribution < -0.4 is 0 Å². The zero-order valence-electron chi connectivity index (χ0n) is 7.67. The van der Waals surface area contributed by atoms with Gasteiger partial charge in [-0.2, -0.15) is 0 Å². The van der Waals surface area contributed by atoms with Crippen LogP contribution in [0.5, 0.6) is 0 Å². The second kappa shape index (κ2) is 4.24. The first-order chi connectivity index (χ1) is 6.16. The summed E-state index contributed by atoms with van der Waals surface area (Å²) in [5, 5.41) is 0.635. The van der Waals surface area contributed by atoms with Crippen LogP contribution in [-0.2, 0) is 0 Å². The molecule has 1 nitrogen and oxygen atoms in total. The lowest BCUT2D eigenvalue weighted by molar-refractivity contribution is 0.104. The van der Waals surface area contributed by atoms with Crippen molar-refractivity contribution in [3.05, 3.63) is 46.5 Å². The van der Waals surface area contributed by atoms with Gasteiger partial charge in [0.1, 0.15) is 0 Å². The van der Waals surface area contributed by atoms with Gasteiger partial charge < -0.3 is 0 Å². The van der Waals surface area contributed by atoms with Crippen LogP contribution >= 0.6 is 11.6 Å². The highest BCUT2D eigenvalue weighted by Crippen LogP contribution is 2.19. The molecule has 0 saturated carbocycles. The van der Waals surface area contributed by atoms with Crippen LogP contribution in [0.2, 0.25) is 5.02 Å². The molecule has 0 unspecified atom stereocenters. The van der Waals surface area contributed by atoms with Crippen LogP contribution in [0.4, 0.5) is 0 Å². The first-order valence-corrected chi connectivity index (χ1v) is 4.46.